The Morgan fingerprint density at radius 3 is 2.70 bits per heavy atom. The van der Waals surface area contributed by atoms with E-state index in [1.54, 1.807) is 24.3 Å². The van der Waals surface area contributed by atoms with Gasteiger partial charge in [-0.3, -0.25) is 4.79 Å². The summed E-state index contributed by atoms with van der Waals surface area (Å²) in [6.07, 6.45) is 2.50. The van der Waals surface area contributed by atoms with Crippen LogP contribution >= 0.6 is 27.5 Å². The van der Waals surface area contributed by atoms with Gasteiger partial charge >= 0.3 is 0 Å². The molecule has 0 amide bonds. The Kier molecular flexibility index (Phi) is 3.81. The highest BCUT2D eigenvalue weighted by atomic mass is 79.9. The molecule has 0 spiro atoms. The molecule has 1 aliphatic rings. The summed E-state index contributed by atoms with van der Waals surface area (Å²) >= 11 is 9.46. The highest BCUT2D eigenvalue weighted by Gasteiger charge is 2.23. The molecule has 4 heteroatoms. The Labute approximate surface area is 130 Å². The van der Waals surface area contributed by atoms with Crippen LogP contribution in [0.1, 0.15) is 28.8 Å². The monoisotopic (exact) mass is 350 g/mol. The number of carbonyl (C=O) groups excluding carboxylic acids is 1. The van der Waals surface area contributed by atoms with Gasteiger partial charge < -0.3 is 4.74 Å². The molecule has 20 heavy (non-hydrogen) atoms. The molecule has 1 aliphatic carbocycles. The first-order valence-electron chi connectivity index (χ1n) is 6.40. The zero-order valence-corrected chi connectivity index (χ0v) is 12.9. The molecular formula is C16H12BrClO2. The maximum absolute atomic E-state index is 12.5. The second-order valence-electron chi connectivity index (χ2n) is 4.80. The van der Waals surface area contributed by atoms with Gasteiger partial charge in [-0.1, -0.05) is 39.7 Å². The lowest BCUT2D eigenvalue weighted by Crippen LogP contribution is -2.03. The van der Waals surface area contributed by atoms with E-state index in [4.69, 9.17) is 16.3 Å². The third kappa shape index (κ3) is 3.05. The smallest absolute Gasteiger partial charge is 0.194 e. The van der Waals surface area contributed by atoms with Crippen LogP contribution in [0.5, 0.6) is 5.75 Å². The van der Waals surface area contributed by atoms with E-state index in [-0.39, 0.29) is 5.78 Å². The van der Waals surface area contributed by atoms with Crippen LogP contribution in [0.15, 0.2) is 46.9 Å². The summed E-state index contributed by atoms with van der Waals surface area (Å²) in [7, 11) is 0. The van der Waals surface area contributed by atoms with Crippen LogP contribution in [0.2, 0.25) is 5.02 Å². The number of benzene rings is 2. The summed E-state index contributed by atoms with van der Waals surface area (Å²) in [5, 5.41) is 0.442. The van der Waals surface area contributed by atoms with E-state index in [9.17, 15) is 4.79 Å². The first-order valence-corrected chi connectivity index (χ1v) is 7.57. The normalized spacial score (nSPS) is 14.1. The topological polar surface area (TPSA) is 26.3 Å². The minimum absolute atomic E-state index is 0.0938. The van der Waals surface area contributed by atoms with E-state index < -0.39 is 0 Å². The summed E-state index contributed by atoms with van der Waals surface area (Å²) < 4.78 is 6.56. The van der Waals surface area contributed by atoms with Crippen molar-refractivity contribution >= 4 is 33.3 Å². The molecule has 0 N–H and O–H groups in total. The second kappa shape index (κ2) is 5.58. The van der Waals surface area contributed by atoms with Crippen molar-refractivity contribution in [2.75, 3.05) is 0 Å². The number of ether oxygens (including phenoxy) is 1. The van der Waals surface area contributed by atoms with Gasteiger partial charge in [0.2, 0.25) is 0 Å². The van der Waals surface area contributed by atoms with Crippen molar-refractivity contribution in [3.63, 3.8) is 0 Å². The molecule has 0 atom stereocenters. The van der Waals surface area contributed by atoms with Crippen molar-refractivity contribution in [3.8, 4) is 5.75 Å². The van der Waals surface area contributed by atoms with Crippen LogP contribution in [0.25, 0.3) is 0 Å². The molecule has 0 bridgehead atoms. The van der Waals surface area contributed by atoms with Crippen LogP contribution in [0.4, 0.5) is 0 Å². The molecule has 0 aromatic heterocycles. The molecule has 0 aliphatic heterocycles. The maximum Gasteiger partial charge on any atom is 0.194 e. The van der Waals surface area contributed by atoms with Gasteiger partial charge in [-0.25, -0.2) is 0 Å². The summed E-state index contributed by atoms with van der Waals surface area (Å²) in [6, 6.07) is 12.5. The Bertz CT molecular complexity index is 665. The zero-order valence-electron chi connectivity index (χ0n) is 10.6. The summed E-state index contributed by atoms with van der Waals surface area (Å²) in [6.45, 7) is 0. The standard InChI is InChI=1S/C16H12BrClO2/c17-11-4-7-14(15(18)9-11)16(19)10-2-1-3-13(8-10)20-12-5-6-12/h1-4,7-9,12H,5-6H2. The van der Waals surface area contributed by atoms with Crippen LogP contribution < -0.4 is 4.74 Å². The van der Waals surface area contributed by atoms with Crippen molar-refractivity contribution in [1.82, 2.24) is 0 Å². The Morgan fingerprint density at radius 2 is 2.00 bits per heavy atom. The lowest BCUT2D eigenvalue weighted by Gasteiger charge is -2.07. The van der Waals surface area contributed by atoms with E-state index in [2.05, 4.69) is 15.9 Å². The SMILES string of the molecule is O=C(c1cccc(OC2CC2)c1)c1ccc(Br)cc1Cl. The van der Waals surface area contributed by atoms with Crippen LogP contribution in [-0.2, 0) is 0 Å². The highest BCUT2D eigenvalue weighted by molar-refractivity contribution is 9.10. The fourth-order valence-electron chi connectivity index (χ4n) is 1.92. The molecule has 0 unspecified atom stereocenters. The summed E-state index contributed by atoms with van der Waals surface area (Å²) in [4.78, 5) is 12.5. The number of carbonyl (C=O) groups is 1. The largest absolute Gasteiger partial charge is 0.490 e. The average molecular weight is 352 g/mol. The van der Waals surface area contributed by atoms with E-state index in [0.29, 0.717) is 22.3 Å². The van der Waals surface area contributed by atoms with Gasteiger partial charge in [0.15, 0.2) is 5.78 Å². The maximum atomic E-state index is 12.5. The number of hydrogen-bond acceptors (Lipinski definition) is 2. The molecule has 3 rings (SSSR count). The van der Waals surface area contributed by atoms with Crippen molar-refractivity contribution in [2.45, 2.75) is 18.9 Å². The fraction of sp³-hybridized carbons (Fsp3) is 0.188. The second-order valence-corrected chi connectivity index (χ2v) is 6.12. The first kappa shape index (κ1) is 13.7. The van der Waals surface area contributed by atoms with Gasteiger partial charge in [0.05, 0.1) is 11.1 Å². The molecule has 0 saturated heterocycles. The van der Waals surface area contributed by atoms with Gasteiger partial charge in [-0.05, 0) is 43.2 Å². The fourth-order valence-corrected chi connectivity index (χ4v) is 2.68. The lowest BCUT2D eigenvalue weighted by atomic mass is 10.0. The summed E-state index contributed by atoms with van der Waals surface area (Å²) in [5.41, 5.74) is 1.09. The summed E-state index contributed by atoms with van der Waals surface area (Å²) in [5.74, 6) is 0.648. The van der Waals surface area contributed by atoms with Crippen molar-refractivity contribution < 1.29 is 9.53 Å². The van der Waals surface area contributed by atoms with E-state index in [1.807, 2.05) is 18.2 Å². The van der Waals surface area contributed by atoms with Crippen molar-refractivity contribution in [1.29, 1.82) is 0 Å². The molecule has 102 valence electrons. The molecule has 1 saturated carbocycles. The Balaban J connectivity index is 1.89. The van der Waals surface area contributed by atoms with Gasteiger partial charge in [0.1, 0.15) is 5.75 Å². The van der Waals surface area contributed by atoms with Crippen LogP contribution in [-0.4, -0.2) is 11.9 Å². The molecule has 0 radical (unpaired) electrons. The zero-order chi connectivity index (χ0) is 14.1. The highest BCUT2D eigenvalue weighted by Crippen LogP contribution is 2.28. The van der Waals surface area contributed by atoms with Gasteiger partial charge in [-0.2, -0.15) is 0 Å². The van der Waals surface area contributed by atoms with E-state index in [0.717, 1.165) is 23.1 Å². The van der Waals surface area contributed by atoms with Crippen molar-refractivity contribution in [3.05, 3.63) is 63.1 Å². The first-order chi connectivity index (χ1) is 9.63. The lowest BCUT2D eigenvalue weighted by molar-refractivity contribution is 0.103. The third-order valence-electron chi connectivity index (χ3n) is 3.10. The number of hydrogen-bond donors (Lipinski definition) is 0. The van der Waals surface area contributed by atoms with E-state index in [1.165, 1.54) is 0 Å². The molecule has 0 heterocycles. The minimum Gasteiger partial charge on any atom is -0.490 e. The van der Waals surface area contributed by atoms with Crippen molar-refractivity contribution in [2.24, 2.45) is 0 Å². The van der Waals surface area contributed by atoms with Gasteiger partial charge in [0, 0.05) is 15.6 Å². The molecule has 2 nitrogen and oxygen atoms in total. The van der Waals surface area contributed by atoms with Gasteiger partial charge in [-0.15, -0.1) is 0 Å². The average Bonchev–Trinajstić information content (AvgIpc) is 3.22. The predicted octanol–water partition coefficient (Wildman–Crippen LogP) is 4.87. The molecule has 2 aromatic rings. The van der Waals surface area contributed by atoms with Crippen LogP contribution in [0.3, 0.4) is 0 Å². The Hall–Kier alpha value is -1.32. The quantitative estimate of drug-likeness (QED) is 0.734. The van der Waals surface area contributed by atoms with E-state index >= 15 is 0 Å². The molecule has 2 aromatic carbocycles. The number of halogens is 2. The van der Waals surface area contributed by atoms with Crippen LogP contribution in [0, 0.1) is 0 Å². The molecular weight excluding hydrogens is 340 g/mol. The minimum atomic E-state index is -0.0938. The Morgan fingerprint density at radius 1 is 1.20 bits per heavy atom. The molecule has 1 fully saturated rings. The number of ketones is 1. The number of rotatable bonds is 4. The predicted molar refractivity (Wildman–Crippen MR) is 82.7 cm³/mol. The van der Waals surface area contributed by atoms with Gasteiger partial charge in [0.25, 0.3) is 0 Å². The third-order valence-corrected chi connectivity index (χ3v) is 3.91.